The molecule has 0 radical (unpaired) electrons. The minimum Gasteiger partial charge on any atom is -0.481 e. The number of hydrogen-bond donors (Lipinski definition) is 1. The first-order valence-electron chi connectivity index (χ1n) is 5.24. The Hall–Kier alpha value is -1.64. The van der Waals surface area contributed by atoms with Gasteiger partial charge in [0.05, 0.1) is 6.42 Å². The molecule has 0 atom stereocenters. The quantitative estimate of drug-likeness (QED) is 0.850. The molecule has 0 aliphatic rings. The number of rotatable bonds is 3. The molecule has 1 N–H and O–H groups in total. The average molecular weight is 219 g/mol. The molecule has 0 saturated carbocycles. The van der Waals surface area contributed by atoms with Crippen molar-refractivity contribution < 1.29 is 9.90 Å². The highest BCUT2D eigenvalue weighted by molar-refractivity contribution is 5.70. The van der Waals surface area contributed by atoms with E-state index in [0.717, 1.165) is 11.3 Å². The Labute approximate surface area is 95.8 Å². The summed E-state index contributed by atoms with van der Waals surface area (Å²) >= 11 is 0. The maximum atomic E-state index is 10.3. The summed E-state index contributed by atoms with van der Waals surface area (Å²) in [5.74, 6) is -0.824. The fraction of sp³-hybridized carbons (Fsp3) is 0.385. The number of carboxylic acid groups (broad SMARTS) is 1. The Morgan fingerprint density at radius 2 is 2.12 bits per heavy atom. The summed E-state index contributed by atoms with van der Waals surface area (Å²) in [6, 6.07) is 3.92. The Bertz CT molecular complexity index is 385. The van der Waals surface area contributed by atoms with Crippen molar-refractivity contribution in [1.82, 2.24) is 4.98 Å². The molecule has 0 aromatic carbocycles. The van der Waals surface area contributed by atoms with E-state index < -0.39 is 5.97 Å². The molecule has 16 heavy (non-hydrogen) atoms. The molecule has 0 aliphatic carbocycles. The van der Waals surface area contributed by atoms with Gasteiger partial charge in [-0.3, -0.25) is 9.78 Å². The third-order valence-corrected chi connectivity index (χ3v) is 2.16. The van der Waals surface area contributed by atoms with E-state index in [1.165, 1.54) is 0 Å². The van der Waals surface area contributed by atoms with E-state index in [9.17, 15) is 4.79 Å². The molecule has 0 unspecified atom stereocenters. The van der Waals surface area contributed by atoms with E-state index >= 15 is 0 Å². The van der Waals surface area contributed by atoms with Gasteiger partial charge in [0, 0.05) is 17.3 Å². The third-order valence-electron chi connectivity index (χ3n) is 2.16. The number of aromatic nitrogens is 1. The minimum atomic E-state index is -0.824. The molecular formula is C13H17NO2. The molecule has 1 heterocycles. The molecule has 0 amide bonds. The van der Waals surface area contributed by atoms with Gasteiger partial charge in [0.2, 0.25) is 0 Å². The molecule has 1 aromatic heterocycles. The second kappa shape index (κ2) is 4.92. The van der Waals surface area contributed by atoms with Crippen LogP contribution in [-0.2, 0) is 10.2 Å². The van der Waals surface area contributed by atoms with Crippen LogP contribution in [0.15, 0.2) is 24.4 Å². The summed E-state index contributed by atoms with van der Waals surface area (Å²) in [4.78, 5) is 14.7. The standard InChI is InChI=1S/C13H17NO2/c1-13(2,3)11-8-7-10(9-14-11)5-4-6-12(15)16/h4-5,7-9H,6H2,1-3H3,(H,15,16)/b5-4+. The van der Waals surface area contributed by atoms with Crippen molar-refractivity contribution in [2.45, 2.75) is 32.6 Å². The van der Waals surface area contributed by atoms with Crippen molar-refractivity contribution in [1.29, 1.82) is 0 Å². The van der Waals surface area contributed by atoms with Crippen LogP contribution in [0.1, 0.15) is 38.4 Å². The molecule has 1 rings (SSSR count). The maximum Gasteiger partial charge on any atom is 0.307 e. The molecule has 0 bridgehead atoms. The normalized spacial score (nSPS) is 11.9. The first-order valence-corrected chi connectivity index (χ1v) is 5.24. The van der Waals surface area contributed by atoms with Gasteiger partial charge in [0.15, 0.2) is 0 Å². The lowest BCUT2D eigenvalue weighted by Gasteiger charge is -2.17. The van der Waals surface area contributed by atoms with Gasteiger partial charge in [-0.1, -0.05) is 39.0 Å². The highest BCUT2D eigenvalue weighted by Gasteiger charge is 2.14. The van der Waals surface area contributed by atoms with E-state index in [1.54, 1.807) is 18.3 Å². The molecule has 0 spiro atoms. The van der Waals surface area contributed by atoms with Gasteiger partial charge in [-0.2, -0.15) is 0 Å². The summed E-state index contributed by atoms with van der Waals surface area (Å²) in [7, 11) is 0. The van der Waals surface area contributed by atoms with E-state index in [0.29, 0.717) is 0 Å². The van der Waals surface area contributed by atoms with Crippen molar-refractivity contribution in [2.24, 2.45) is 0 Å². The second-order valence-corrected chi connectivity index (χ2v) is 4.73. The zero-order valence-electron chi connectivity index (χ0n) is 9.90. The minimum absolute atomic E-state index is 0.0427. The smallest absolute Gasteiger partial charge is 0.307 e. The first-order chi connectivity index (χ1) is 7.39. The van der Waals surface area contributed by atoms with E-state index in [2.05, 4.69) is 25.8 Å². The number of nitrogens with zero attached hydrogens (tertiary/aromatic N) is 1. The lowest BCUT2D eigenvalue weighted by atomic mass is 9.91. The van der Waals surface area contributed by atoms with E-state index in [1.807, 2.05) is 12.1 Å². The Morgan fingerprint density at radius 1 is 1.44 bits per heavy atom. The predicted molar refractivity (Wildman–Crippen MR) is 64.2 cm³/mol. The SMILES string of the molecule is CC(C)(C)c1ccc(/C=C/CC(=O)O)cn1. The zero-order valence-corrected chi connectivity index (χ0v) is 9.90. The van der Waals surface area contributed by atoms with Gasteiger partial charge in [-0.25, -0.2) is 0 Å². The van der Waals surface area contributed by atoms with Crippen LogP contribution in [0.3, 0.4) is 0 Å². The van der Waals surface area contributed by atoms with E-state index in [-0.39, 0.29) is 11.8 Å². The topological polar surface area (TPSA) is 50.2 Å². The molecule has 0 saturated heterocycles. The van der Waals surface area contributed by atoms with Gasteiger partial charge in [-0.05, 0) is 11.6 Å². The van der Waals surface area contributed by atoms with Crippen LogP contribution in [0.5, 0.6) is 0 Å². The van der Waals surface area contributed by atoms with Crippen molar-refractivity contribution in [2.75, 3.05) is 0 Å². The number of pyridine rings is 1. The highest BCUT2D eigenvalue weighted by atomic mass is 16.4. The summed E-state index contributed by atoms with van der Waals surface area (Å²) in [5, 5.41) is 8.48. The molecule has 0 fully saturated rings. The van der Waals surface area contributed by atoms with Crippen LogP contribution in [0, 0.1) is 0 Å². The van der Waals surface area contributed by atoms with Crippen LogP contribution in [-0.4, -0.2) is 16.1 Å². The molecule has 3 heteroatoms. The number of aliphatic carboxylic acids is 1. The first kappa shape index (κ1) is 12.4. The van der Waals surface area contributed by atoms with Crippen molar-refractivity contribution >= 4 is 12.0 Å². The van der Waals surface area contributed by atoms with Gasteiger partial charge in [-0.15, -0.1) is 0 Å². The predicted octanol–water partition coefficient (Wildman–Crippen LogP) is 2.87. The number of hydrogen-bond acceptors (Lipinski definition) is 2. The van der Waals surface area contributed by atoms with Gasteiger partial charge in [0.1, 0.15) is 0 Å². The third kappa shape index (κ3) is 3.85. The largest absolute Gasteiger partial charge is 0.481 e. The number of carbonyl (C=O) groups is 1. The van der Waals surface area contributed by atoms with Gasteiger partial charge < -0.3 is 5.11 Å². The molecule has 0 aliphatic heterocycles. The summed E-state index contributed by atoms with van der Waals surface area (Å²) in [6.45, 7) is 6.32. The van der Waals surface area contributed by atoms with Crippen LogP contribution < -0.4 is 0 Å². The summed E-state index contributed by atoms with van der Waals surface area (Å²) < 4.78 is 0. The lowest BCUT2D eigenvalue weighted by Crippen LogP contribution is -2.12. The van der Waals surface area contributed by atoms with Crippen molar-refractivity contribution in [3.8, 4) is 0 Å². The van der Waals surface area contributed by atoms with E-state index in [4.69, 9.17) is 5.11 Å². The van der Waals surface area contributed by atoms with Crippen LogP contribution >= 0.6 is 0 Å². The highest BCUT2D eigenvalue weighted by Crippen LogP contribution is 2.19. The fourth-order valence-corrected chi connectivity index (χ4v) is 1.24. The maximum absolute atomic E-state index is 10.3. The monoisotopic (exact) mass is 219 g/mol. The average Bonchev–Trinajstić information content (AvgIpc) is 2.16. The Morgan fingerprint density at radius 3 is 2.56 bits per heavy atom. The van der Waals surface area contributed by atoms with Crippen molar-refractivity contribution in [3.63, 3.8) is 0 Å². The lowest BCUT2D eigenvalue weighted by molar-refractivity contribution is -0.135. The van der Waals surface area contributed by atoms with Gasteiger partial charge >= 0.3 is 5.97 Å². The Balaban J connectivity index is 2.72. The van der Waals surface area contributed by atoms with Gasteiger partial charge in [0.25, 0.3) is 0 Å². The zero-order chi connectivity index (χ0) is 12.2. The Kier molecular flexibility index (Phi) is 3.82. The fourth-order valence-electron chi connectivity index (χ4n) is 1.24. The second-order valence-electron chi connectivity index (χ2n) is 4.73. The molecular weight excluding hydrogens is 202 g/mol. The van der Waals surface area contributed by atoms with Crippen LogP contribution in [0.4, 0.5) is 0 Å². The molecule has 1 aromatic rings. The van der Waals surface area contributed by atoms with Crippen LogP contribution in [0.2, 0.25) is 0 Å². The summed E-state index contributed by atoms with van der Waals surface area (Å²) in [6.07, 6.45) is 5.20. The van der Waals surface area contributed by atoms with Crippen molar-refractivity contribution in [3.05, 3.63) is 35.7 Å². The molecule has 3 nitrogen and oxygen atoms in total. The van der Waals surface area contributed by atoms with Crippen LogP contribution in [0.25, 0.3) is 6.08 Å². The summed E-state index contributed by atoms with van der Waals surface area (Å²) in [5.41, 5.74) is 2.00. The number of carboxylic acids is 1. The molecule has 86 valence electrons.